The zero-order valence-corrected chi connectivity index (χ0v) is 12.0. The number of nitrogens with zero attached hydrogens (tertiary/aromatic N) is 3. The highest BCUT2D eigenvalue weighted by atomic mass is 15.2. The molecule has 2 aromatic rings. The third-order valence-electron chi connectivity index (χ3n) is 3.98. The smallest absolute Gasteiger partial charge is 0.123 e. The molecule has 0 amide bonds. The molecule has 1 aromatic carbocycles. The molecule has 0 aliphatic carbocycles. The van der Waals surface area contributed by atoms with Gasteiger partial charge in [0.05, 0.1) is 6.54 Å². The van der Waals surface area contributed by atoms with Crippen LogP contribution in [0.4, 0.5) is 0 Å². The van der Waals surface area contributed by atoms with Crippen molar-refractivity contribution in [2.45, 2.75) is 26.1 Å². The van der Waals surface area contributed by atoms with Crippen LogP contribution in [0.25, 0.3) is 0 Å². The summed E-state index contributed by atoms with van der Waals surface area (Å²) in [5, 5.41) is 3.43. The van der Waals surface area contributed by atoms with Crippen molar-refractivity contribution in [1.82, 2.24) is 19.8 Å². The van der Waals surface area contributed by atoms with Crippen LogP contribution in [0.2, 0.25) is 0 Å². The Bertz CT molecular complexity index is 534. The predicted octanol–water partition coefficient (Wildman–Crippen LogP) is 1.73. The number of hydrogen-bond acceptors (Lipinski definition) is 3. The largest absolute Gasteiger partial charge is 0.329 e. The molecule has 1 N–H and O–H groups in total. The Morgan fingerprint density at radius 2 is 2.10 bits per heavy atom. The maximum Gasteiger partial charge on any atom is 0.123 e. The van der Waals surface area contributed by atoms with E-state index in [1.54, 1.807) is 0 Å². The van der Waals surface area contributed by atoms with Gasteiger partial charge in [0.1, 0.15) is 5.82 Å². The van der Waals surface area contributed by atoms with Crippen LogP contribution in [0.15, 0.2) is 42.7 Å². The van der Waals surface area contributed by atoms with Gasteiger partial charge in [-0.2, -0.15) is 0 Å². The van der Waals surface area contributed by atoms with Crippen molar-refractivity contribution in [2.75, 3.05) is 19.6 Å². The molecule has 106 valence electrons. The minimum absolute atomic E-state index is 0.575. The van der Waals surface area contributed by atoms with Crippen LogP contribution >= 0.6 is 0 Å². The summed E-state index contributed by atoms with van der Waals surface area (Å²) in [5.74, 6) is 1.16. The Hall–Kier alpha value is -1.65. The molecular formula is C16H22N4. The van der Waals surface area contributed by atoms with E-state index in [9.17, 15) is 0 Å². The molecule has 1 aliphatic rings. The first-order chi connectivity index (χ1) is 9.83. The molecule has 0 unspecified atom stereocenters. The lowest BCUT2D eigenvalue weighted by Crippen LogP contribution is -2.49. The Morgan fingerprint density at radius 1 is 1.25 bits per heavy atom. The number of piperazine rings is 1. The van der Waals surface area contributed by atoms with Crippen molar-refractivity contribution >= 4 is 0 Å². The molecule has 0 radical (unpaired) electrons. The van der Waals surface area contributed by atoms with E-state index in [0.29, 0.717) is 6.04 Å². The molecule has 2 heterocycles. The van der Waals surface area contributed by atoms with Gasteiger partial charge < -0.3 is 9.88 Å². The standard InChI is InChI=1S/C16H22N4/c1-14-11-17-7-9-19(14)13-16-18-8-10-20(16)12-15-5-3-2-4-6-15/h2-6,8,10,14,17H,7,9,11-13H2,1H3/t14-/m0/s1. The molecule has 4 nitrogen and oxygen atoms in total. The molecule has 20 heavy (non-hydrogen) atoms. The number of benzene rings is 1. The fourth-order valence-electron chi connectivity index (χ4n) is 2.72. The molecule has 1 saturated heterocycles. The van der Waals surface area contributed by atoms with Crippen molar-refractivity contribution in [1.29, 1.82) is 0 Å². The molecule has 1 aliphatic heterocycles. The summed E-state index contributed by atoms with van der Waals surface area (Å²) in [6, 6.07) is 11.1. The molecule has 0 saturated carbocycles. The normalized spacial score (nSPS) is 20.1. The molecule has 3 rings (SSSR count). The molecule has 1 atom stereocenters. The lowest BCUT2D eigenvalue weighted by molar-refractivity contribution is 0.160. The first-order valence-corrected chi connectivity index (χ1v) is 7.31. The third-order valence-corrected chi connectivity index (χ3v) is 3.98. The lowest BCUT2D eigenvalue weighted by Gasteiger charge is -2.33. The second kappa shape index (κ2) is 6.20. The topological polar surface area (TPSA) is 33.1 Å². The van der Waals surface area contributed by atoms with Crippen LogP contribution in [-0.2, 0) is 13.1 Å². The van der Waals surface area contributed by atoms with Crippen LogP contribution in [0.5, 0.6) is 0 Å². The van der Waals surface area contributed by atoms with Gasteiger partial charge in [-0.1, -0.05) is 30.3 Å². The second-order valence-electron chi connectivity index (χ2n) is 5.48. The Balaban J connectivity index is 1.70. The maximum absolute atomic E-state index is 4.54. The van der Waals surface area contributed by atoms with E-state index in [4.69, 9.17) is 0 Å². The fraction of sp³-hybridized carbons (Fsp3) is 0.438. The van der Waals surface area contributed by atoms with Crippen molar-refractivity contribution in [2.24, 2.45) is 0 Å². The van der Waals surface area contributed by atoms with Gasteiger partial charge in [-0.15, -0.1) is 0 Å². The van der Waals surface area contributed by atoms with Crippen LogP contribution in [0, 0.1) is 0 Å². The zero-order valence-electron chi connectivity index (χ0n) is 12.0. The summed E-state index contributed by atoms with van der Waals surface area (Å²) in [4.78, 5) is 7.04. The van der Waals surface area contributed by atoms with Crippen LogP contribution in [0.1, 0.15) is 18.3 Å². The first-order valence-electron chi connectivity index (χ1n) is 7.31. The predicted molar refractivity (Wildman–Crippen MR) is 80.5 cm³/mol. The van der Waals surface area contributed by atoms with E-state index in [-0.39, 0.29) is 0 Å². The summed E-state index contributed by atoms with van der Waals surface area (Å²) in [6.07, 6.45) is 3.99. The summed E-state index contributed by atoms with van der Waals surface area (Å²) >= 11 is 0. The van der Waals surface area contributed by atoms with E-state index < -0.39 is 0 Å². The van der Waals surface area contributed by atoms with E-state index in [1.165, 1.54) is 5.56 Å². The van der Waals surface area contributed by atoms with E-state index >= 15 is 0 Å². The average molecular weight is 270 g/mol. The first kappa shape index (κ1) is 13.3. The van der Waals surface area contributed by atoms with Crippen molar-refractivity contribution in [3.63, 3.8) is 0 Å². The van der Waals surface area contributed by atoms with E-state index in [2.05, 4.69) is 63.2 Å². The van der Waals surface area contributed by atoms with Gasteiger partial charge in [-0.3, -0.25) is 4.90 Å². The SMILES string of the molecule is C[C@H]1CNCCN1Cc1nccn1Cc1ccccc1. The molecule has 0 bridgehead atoms. The quantitative estimate of drug-likeness (QED) is 0.918. The monoisotopic (exact) mass is 270 g/mol. The van der Waals surface area contributed by atoms with Crippen molar-refractivity contribution in [3.05, 3.63) is 54.1 Å². The zero-order chi connectivity index (χ0) is 13.8. The third kappa shape index (κ3) is 3.08. The van der Waals surface area contributed by atoms with Crippen LogP contribution < -0.4 is 5.32 Å². The number of aromatic nitrogens is 2. The maximum atomic E-state index is 4.54. The summed E-state index contributed by atoms with van der Waals surface area (Å²) in [6.45, 7) is 7.35. The average Bonchev–Trinajstić information content (AvgIpc) is 2.90. The number of imidazole rings is 1. The highest BCUT2D eigenvalue weighted by Crippen LogP contribution is 2.11. The summed E-state index contributed by atoms with van der Waals surface area (Å²) in [5.41, 5.74) is 1.32. The molecule has 4 heteroatoms. The van der Waals surface area contributed by atoms with Gasteiger partial charge in [0.25, 0.3) is 0 Å². The Labute approximate surface area is 120 Å². The van der Waals surface area contributed by atoms with E-state index in [0.717, 1.165) is 38.5 Å². The van der Waals surface area contributed by atoms with Gasteiger partial charge in [-0.25, -0.2) is 4.98 Å². The van der Waals surface area contributed by atoms with Crippen molar-refractivity contribution in [3.8, 4) is 0 Å². The highest BCUT2D eigenvalue weighted by molar-refractivity contribution is 5.15. The van der Waals surface area contributed by atoms with Crippen LogP contribution in [-0.4, -0.2) is 40.1 Å². The van der Waals surface area contributed by atoms with Gasteiger partial charge in [0.2, 0.25) is 0 Å². The van der Waals surface area contributed by atoms with Crippen molar-refractivity contribution < 1.29 is 0 Å². The van der Waals surface area contributed by atoms with E-state index in [1.807, 2.05) is 6.20 Å². The van der Waals surface area contributed by atoms with Gasteiger partial charge in [-0.05, 0) is 12.5 Å². The molecule has 0 spiro atoms. The Morgan fingerprint density at radius 3 is 2.90 bits per heavy atom. The fourth-order valence-corrected chi connectivity index (χ4v) is 2.72. The summed E-state index contributed by atoms with van der Waals surface area (Å²) in [7, 11) is 0. The number of nitrogens with one attached hydrogen (secondary N) is 1. The number of rotatable bonds is 4. The minimum Gasteiger partial charge on any atom is -0.329 e. The molecule has 1 aromatic heterocycles. The van der Waals surface area contributed by atoms with Gasteiger partial charge in [0.15, 0.2) is 0 Å². The van der Waals surface area contributed by atoms with Crippen LogP contribution in [0.3, 0.4) is 0 Å². The Kier molecular flexibility index (Phi) is 4.14. The minimum atomic E-state index is 0.575. The van der Waals surface area contributed by atoms with Gasteiger partial charge >= 0.3 is 0 Å². The van der Waals surface area contributed by atoms with Gasteiger partial charge in [0, 0.05) is 44.6 Å². The second-order valence-corrected chi connectivity index (χ2v) is 5.48. The highest BCUT2D eigenvalue weighted by Gasteiger charge is 2.19. The molecular weight excluding hydrogens is 248 g/mol. The summed E-state index contributed by atoms with van der Waals surface area (Å²) < 4.78 is 2.25. The number of hydrogen-bond donors (Lipinski definition) is 1. The molecule has 1 fully saturated rings. The lowest BCUT2D eigenvalue weighted by atomic mass is 10.2.